The van der Waals surface area contributed by atoms with Gasteiger partial charge in [0.05, 0.1) is 19.1 Å². The molecule has 0 radical (unpaired) electrons. The van der Waals surface area contributed by atoms with Crippen molar-refractivity contribution in [3.05, 3.63) is 59.2 Å². The van der Waals surface area contributed by atoms with Gasteiger partial charge < -0.3 is 14.9 Å². The van der Waals surface area contributed by atoms with E-state index in [1.165, 1.54) is 0 Å². The number of rotatable bonds is 5. The fourth-order valence-electron chi connectivity index (χ4n) is 2.95. The van der Waals surface area contributed by atoms with Crippen LogP contribution in [0, 0.1) is 0 Å². The van der Waals surface area contributed by atoms with Crippen LogP contribution >= 0.6 is 0 Å². The lowest BCUT2D eigenvalue weighted by atomic mass is 9.97. The Balaban J connectivity index is 1.85. The molecular weight excluding hydrogens is 308 g/mol. The van der Waals surface area contributed by atoms with Gasteiger partial charge in [-0.1, -0.05) is 36.4 Å². The number of hydrogen-bond acceptors (Lipinski definition) is 5. The molecule has 5 heteroatoms. The van der Waals surface area contributed by atoms with Crippen LogP contribution < -0.4 is 0 Å². The Kier molecular flexibility index (Phi) is 4.46. The van der Waals surface area contributed by atoms with Crippen molar-refractivity contribution in [3.8, 4) is 11.1 Å². The Hall–Kier alpha value is -2.50. The summed E-state index contributed by atoms with van der Waals surface area (Å²) < 4.78 is 4.77. The van der Waals surface area contributed by atoms with Crippen molar-refractivity contribution in [2.75, 3.05) is 6.61 Å². The standard InChI is InChI=1S/C19H18O5/c1-2-24-17(21)10-16(20)18(22)11-7-8-13-12-5-3-4-6-14(12)19(23)15(13)9-11/h3-9,16,18,20,22H,2,10H2,1H3. The predicted octanol–water partition coefficient (Wildman–Crippen LogP) is 2.25. The third-order valence-electron chi connectivity index (χ3n) is 4.14. The molecule has 0 saturated heterocycles. The largest absolute Gasteiger partial charge is 0.466 e. The zero-order valence-electron chi connectivity index (χ0n) is 13.2. The number of benzene rings is 2. The van der Waals surface area contributed by atoms with E-state index in [-0.39, 0.29) is 18.8 Å². The lowest BCUT2D eigenvalue weighted by Gasteiger charge is -2.18. The molecular formula is C19H18O5. The van der Waals surface area contributed by atoms with Crippen LogP contribution in [0.1, 0.15) is 40.9 Å². The summed E-state index contributed by atoms with van der Waals surface area (Å²) in [6, 6.07) is 12.3. The average molecular weight is 326 g/mol. The van der Waals surface area contributed by atoms with Crippen LogP contribution in [-0.2, 0) is 9.53 Å². The van der Waals surface area contributed by atoms with Crippen molar-refractivity contribution in [1.82, 2.24) is 0 Å². The smallest absolute Gasteiger partial charge is 0.308 e. The average Bonchev–Trinajstić information content (AvgIpc) is 2.87. The summed E-state index contributed by atoms with van der Waals surface area (Å²) in [7, 11) is 0. The molecule has 0 bridgehead atoms. The zero-order valence-corrected chi connectivity index (χ0v) is 13.2. The van der Waals surface area contributed by atoms with Gasteiger partial charge in [0, 0.05) is 11.1 Å². The normalized spacial score (nSPS) is 14.7. The van der Waals surface area contributed by atoms with Crippen molar-refractivity contribution in [2.45, 2.75) is 25.6 Å². The van der Waals surface area contributed by atoms with Crippen LogP contribution in [0.25, 0.3) is 11.1 Å². The van der Waals surface area contributed by atoms with Crippen LogP contribution in [0.5, 0.6) is 0 Å². The van der Waals surface area contributed by atoms with Crippen molar-refractivity contribution < 1.29 is 24.5 Å². The van der Waals surface area contributed by atoms with Gasteiger partial charge >= 0.3 is 5.97 Å². The van der Waals surface area contributed by atoms with Crippen molar-refractivity contribution in [1.29, 1.82) is 0 Å². The fraction of sp³-hybridized carbons (Fsp3) is 0.263. The number of esters is 1. The van der Waals surface area contributed by atoms with Crippen molar-refractivity contribution >= 4 is 11.8 Å². The van der Waals surface area contributed by atoms with E-state index in [9.17, 15) is 19.8 Å². The second-order valence-corrected chi connectivity index (χ2v) is 5.70. The molecule has 2 unspecified atom stereocenters. The van der Waals surface area contributed by atoms with E-state index in [2.05, 4.69) is 0 Å². The number of ketones is 1. The Morgan fingerprint density at radius 3 is 2.42 bits per heavy atom. The van der Waals surface area contributed by atoms with Gasteiger partial charge in [-0.2, -0.15) is 0 Å². The number of carbonyl (C=O) groups excluding carboxylic acids is 2. The van der Waals surface area contributed by atoms with Gasteiger partial charge in [0.15, 0.2) is 5.78 Å². The maximum Gasteiger partial charge on any atom is 0.308 e. The van der Waals surface area contributed by atoms with Crippen LogP contribution in [-0.4, -0.2) is 34.7 Å². The highest BCUT2D eigenvalue weighted by molar-refractivity contribution is 6.21. The molecule has 1 aliphatic carbocycles. The highest BCUT2D eigenvalue weighted by Crippen LogP contribution is 2.37. The maximum atomic E-state index is 12.5. The van der Waals surface area contributed by atoms with E-state index in [1.54, 1.807) is 31.2 Å². The van der Waals surface area contributed by atoms with Gasteiger partial charge in [0.1, 0.15) is 6.10 Å². The second-order valence-electron chi connectivity index (χ2n) is 5.70. The molecule has 124 valence electrons. The molecule has 0 aliphatic heterocycles. The molecule has 0 fully saturated rings. The van der Waals surface area contributed by atoms with Gasteiger partial charge in [-0.3, -0.25) is 9.59 Å². The monoisotopic (exact) mass is 326 g/mol. The number of fused-ring (bicyclic) bond motifs is 3. The number of ether oxygens (including phenoxy) is 1. The number of carbonyl (C=O) groups is 2. The van der Waals surface area contributed by atoms with Crippen LogP contribution in [0.2, 0.25) is 0 Å². The molecule has 2 N–H and O–H groups in total. The van der Waals surface area contributed by atoms with Gasteiger partial charge in [0.2, 0.25) is 0 Å². The van der Waals surface area contributed by atoms with Crippen LogP contribution in [0.3, 0.4) is 0 Å². The van der Waals surface area contributed by atoms with Gasteiger partial charge in [-0.15, -0.1) is 0 Å². The number of hydrogen-bond donors (Lipinski definition) is 2. The minimum Gasteiger partial charge on any atom is -0.466 e. The molecule has 0 aromatic heterocycles. The summed E-state index contributed by atoms with van der Waals surface area (Å²) in [4.78, 5) is 23.9. The molecule has 0 amide bonds. The fourth-order valence-corrected chi connectivity index (χ4v) is 2.95. The number of aliphatic hydroxyl groups excluding tert-OH is 2. The van der Waals surface area contributed by atoms with E-state index in [0.717, 1.165) is 11.1 Å². The van der Waals surface area contributed by atoms with Crippen molar-refractivity contribution in [3.63, 3.8) is 0 Å². The molecule has 0 spiro atoms. The summed E-state index contributed by atoms with van der Waals surface area (Å²) in [5, 5.41) is 20.3. The highest BCUT2D eigenvalue weighted by atomic mass is 16.5. The first kappa shape index (κ1) is 16.4. The lowest BCUT2D eigenvalue weighted by molar-refractivity contribution is -0.147. The number of aliphatic hydroxyl groups is 2. The minimum absolute atomic E-state index is 0.102. The first-order valence-electron chi connectivity index (χ1n) is 7.82. The van der Waals surface area contributed by atoms with Crippen LogP contribution in [0.4, 0.5) is 0 Å². The second kappa shape index (κ2) is 6.55. The lowest BCUT2D eigenvalue weighted by Crippen LogP contribution is -2.23. The molecule has 3 rings (SSSR count). The topological polar surface area (TPSA) is 83.8 Å². The Labute approximate surface area is 139 Å². The Morgan fingerprint density at radius 1 is 1.04 bits per heavy atom. The molecule has 2 aromatic carbocycles. The summed E-state index contributed by atoms with van der Waals surface area (Å²) in [6.45, 7) is 1.89. The van der Waals surface area contributed by atoms with Crippen LogP contribution in [0.15, 0.2) is 42.5 Å². The van der Waals surface area contributed by atoms with E-state index in [1.807, 2.05) is 18.2 Å². The molecule has 0 saturated carbocycles. The Bertz CT molecular complexity index is 796. The third kappa shape index (κ3) is 2.84. The summed E-state index contributed by atoms with van der Waals surface area (Å²) in [5.74, 6) is -0.678. The predicted molar refractivity (Wildman–Crippen MR) is 87.5 cm³/mol. The van der Waals surface area contributed by atoms with E-state index in [4.69, 9.17) is 4.74 Å². The zero-order chi connectivity index (χ0) is 17.3. The minimum atomic E-state index is -1.29. The molecule has 2 atom stereocenters. The molecule has 24 heavy (non-hydrogen) atoms. The van der Waals surface area contributed by atoms with Gasteiger partial charge in [0.25, 0.3) is 0 Å². The Morgan fingerprint density at radius 2 is 1.71 bits per heavy atom. The van der Waals surface area contributed by atoms with Gasteiger partial charge in [-0.25, -0.2) is 0 Å². The van der Waals surface area contributed by atoms with E-state index in [0.29, 0.717) is 16.7 Å². The molecule has 1 aliphatic rings. The molecule has 2 aromatic rings. The first-order valence-corrected chi connectivity index (χ1v) is 7.82. The summed E-state index contributed by atoms with van der Waals surface area (Å²) in [6.07, 6.45) is -2.86. The third-order valence-corrected chi connectivity index (χ3v) is 4.14. The highest BCUT2D eigenvalue weighted by Gasteiger charge is 2.29. The first-order chi connectivity index (χ1) is 11.5. The van der Waals surface area contributed by atoms with Crippen molar-refractivity contribution in [2.24, 2.45) is 0 Å². The maximum absolute atomic E-state index is 12.5. The van der Waals surface area contributed by atoms with E-state index < -0.39 is 18.2 Å². The molecule has 5 nitrogen and oxygen atoms in total. The van der Waals surface area contributed by atoms with E-state index >= 15 is 0 Å². The SMILES string of the molecule is CCOC(=O)CC(O)C(O)c1ccc2c(c1)C(=O)c1ccccc1-2. The van der Waals surface area contributed by atoms with Gasteiger partial charge in [-0.05, 0) is 29.7 Å². The summed E-state index contributed by atoms with van der Waals surface area (Å²) >= 11 is 0. The summed E-state index contributed by atoms with van der Waals surface area (Å²) in [5.41, 5.74) is 3.20. The molecule has 0 heterocycles. The quantitative estimate of drug-likeness (QED) is 0.703.